The fourth-order valence-electron chi connectivity index (χ4n) is 2.42. The fraction of sp³-hybridized carbons (Fsp3) is 0.846. The van der Waals surface area contributed by atoms with E-state index in [9.17, 15) is 4.79 Å². The second kappa shape index (κ2) is 6.74. The van der Waals surface area contributed by atoms with E-state index >= 15 is 0 Å². The van der Waals surface area contributed by atoms with E-state index < -0.39 is 0 Å². The van der Waals surface area contributed by atoms with E-state index in [0.717, 1.165) is 31.4 Å². The summed E-state index contributed by atoms with van der Waals surface area (Å²) in [4.78, 5) is 11.7. The largest absolute Gasteiger partial charge is 0.368 e. The van der Waals surface area contributed by atoms with Crippen LogP contribution in [0.3, 0.4) is 0 Å². The zero-order valence-electron chi connectivity index (χ0n) is 10.4. The average molecular weight is 238 g/mol. The van der Waals surface area contributed by atoms with Gasteiger partial charge in [-0.05, 0) is 38.5 Å². The van der Waals surface area contributed by atoms with E-state index in [0.29, 0.717) is 6.61 Å². The van der Waals surface area contributed by atoms with Crippen molar-refractivity contribution in [2.24, 2.45) is 5.10 Å². The summed E-state index contributed by atoms with van der Waals surface area (Å²) in [5.74, 6) is -0.0722. The first-order valence-electron chi connectivity index (χ1n) is 6.83. The van der Waals surface area contributed by atoms with Gasteiger partial charge in [-0.1, -0.05) is 19.3 Å². The van der Waals surface area contributed by atoms with Crippen molar-refractivity contribution in [3.63, 3.8) is 0 Å². The highest BCUT2D eigenvalue weighted by atomic mass is 16.5. The number of carbonyl (C=O) groups is 1. The molecule has 1 aliphatic carbocycles. The van der Waals surface area contributed by atoms with Gasteiger partial charge in [-0.3, -0.25) is 4.79 Å². The molecule has 2 rings (SSSR count). The van der Waals surface area contributed by atoms with E-state index in [-0.39, 0.29) is 12.0 Å². The lowest BCUT2D eigenvalue weighted by Crippen LogP contribution is -2.31. The Labute approximate surface area is 103 Å². The SMILES string of the molecule is O=C(NN=C1CCCCCCC1)C1CCCO1. The Morgan fingerprint density at radius 1 is 1.12 bits per heavy atom. The van der Waals surface area contributed by atoms with Crippen LogP contribution in [0.1, 0.15) is 57.8 Å². The number of nitrogens with one attached hydrogen (secondary N) is 1. The Balaban J connectivity index is 1.78. The molecule has 1 unspecified atom stereocenters. The third-order valence-corrected chi connectivity index (χ3v) is 3.48. The molecular weight excluding hydrogens is 216 g/mol. The summed E-state index contributed by atoms with van der Waals surface area (Å²) in [5.41, 5.74) is 3.82. The Hall–Kier alpha value is -0.900. The summed E-state index contributed by atoms with van der Waals surface area (Å²) in [6.07, 6.45) is 9.94. The van der Waals surface area contributed by atoms with Gasteiger partial charge in [0, 0.05) is 12.3 Å². The molecule has 17 heavy (non-hydrogen) atoms. The minimum atomic E-state index is -0.270. The first kappa shape index (κ1) is 12.6. The molecule has 96 valence electrons. The van der Waals surface area contributed by atoms with E-state index in [1.807, 2.05) is 0 Å². The zero-order chi connectivity index (χ0) is 11.9. The number of nitrogens with zero attached hydrogens (tertiary/aromatic N) is 1. The van der Waals surface area contributed by atoms with Gasteiger partial charge in [-0.2, -0.15) is 5.10 Å². The summed E-state index contributed by atoms with van der Waals surface area (Å²) in [7, 11) is 0. The van der Waals surface area contributed by atoms with Crippen LogP contribution in [0.5, 0.6) is 0 Å². The minimum Gasteiger partial charge on any atom is -0.368 e. The molecule has 1 N–H and O–H groups in total. The van der Waals surface area contributed by atoms with Gasteiger partial charge in [-0.15, -0.1) is 0 Å². The summed E-state index contributed by atoms with van der Waals surface area (Å²) in [6, 6.07) is 0. The molecule has 0 aromatic heterocycles. The lowest BCUT2D eigenvalue weighted by molar-refractivity contribution is -0.130. The molecular formula is C13H22N2O2. The van der Waals surface area contributed by atoms with Gasteiger partial charge in [0.15, 0.2) is 0 Å². The number of carbonyl (C=O) groups excluding carboxylic acids is 1. The molecule has 1 saturated heterocycles. The first-order chi connectivity index (χ1) is 8.36. The molecule has 2 fully saturated rings. The number of hydrogen-bond donors (Lipinski definition) is 1. The molecule has 2 aliphatic rings. The predicted molar refractivity (Wildman–Crippen MR) is 66.9 cm³/mol. The highest BCUT2D eigenvalue weighted by Gasteiger charge is 2.23. The zero-order valence-corrected chi connectivity index (χ0v) is 10.4. The van der Waals surface area contributed by atoms with Crippen molar-refractivity contribution < 1.29 is 9.53 Å². The molecule has 0 spiro atoms. The lowest BCUT2D eigenvalue weighted by atomic mass is 9.99. The quantitative estimate of drug-likeness (QED) is 0.751. The third kappa shape index (κ3) is 4.11. The fourth-order valence-corrected chi connectivity index (χ4v) is 2.42. The number of hydrogen-bond acceptors (Lipinski definition) is 3. The van der Waals surface area contributed by atoms with Gasteiger partial charge in [0.2, 0.25) is 0 Å². The smallest absolute Gasteiger partial charge is 0.269 e. The normalized spacial score (nSPS) is 26.1. The molecule has 4 nitrogen and oxygen atoms in total. The van der Waals surface area contributed by atoms with Gasteiger partial charge >= 0.3 is 0 Å². The Morgan fingerprint density at radius 3 is 2.47 bits per heavy atom. The van der Waals surface area contributed by atoms with Crippen LogP contribution in [0.15, 0.2) is 5.10 Å². The average Bonchev–Trinajstić information content (AvgIpc) is 2.80. The Bertz CT molecular complexity index is 273. The summed E-state index contributed by atoms with van der Waals surface area (Å²) in [5, 5.41) is 4.27. The highest BCUT2D eigenvalue weighted by molar-refractivity contribution is 5.87. The summed E-state index contributed by atoms with van der Waals surface area (Å²) in [6.45, 7) is 0.703. The number of ether oxygens (including phenoxy) is 1. The van der Waals surface area contributed by atoms with Crippen LogP contribution in [-0.2, 0) is 9.53 Å². The molecule has 0 aromatic carbocycles. The maximum atomic E-state index is 11.7. The van der Waals surface area contributed by atoms with Crippen LogP contribution < -0.4 is 5.43 Å². The Morgan fingerprint density at radius 2 is 1.82 bits per heavy atom. The highest BCUT2D eigenvalue weighted by Crippen LogP contribution is 2.15. The molecule has 1 saturated carbocycles. The molecule has 0 bridgehead atoms. The molecule has 1 heterocycles. The van der Waals surface area contributed by atoms with Crippen molar-refractivity contribution in [3.8, 4) is 0 Å². The monoisotopic (exact) mass is 238 g/mol. The molecule has 1 aliphatic heterocycles. The van der Waals surface area contributed by atoms with Gasteiger partial charge in [0.05, 0.1) is 0 Å². The standard InChI is InChI=1S/C13H22N2O2/c16-13(12-9-6-10-17-12)15-14-11-7-4-2-1-3-5-8-11/h12H,1-10H2,(H,15,16). The molecule has 4 heteroatoms. The van der Waals surface area contributed by atoms with Gasteiger partial charge < -0.3 is 4.74 Å². The van der Waals surface area contributed by atoms with Gasteiger partial charge in [-0.25, -0.2) is 5.43 Å². The van der Waals surface area contributed by atoms with Crippen molar-refractivity contribution in [2.45, 2.75) is 63.9 Å². The van der Waals surface area contributed by atoms with E-state index in [4.69, 9.17) is 4.74 Å². The first-order valence-corrected chi connectivity index (χ1v) is 6.83. The summed E-state index contributed by atoms with van der Waals surface area (Å²) >= 11 is 0. The minimum absolute atomic E-state index is 0.0722. The lowest BCUT2D eigenvalue weighted by Gasteiger charge is -2.12. The van der Waals surface area contributed by atoms with E-state index in [1.54, 1.807) is 0 Å². The molecule has 0 aromatic rings. The Kier molecular flexibility index (Phi) is 4.98. The second-order valence-corrected chi connectivity index (χ2v) is 4.92. The van der Waals surface area contributed by atoms with Crippen LogP contribution in [0.25, 0.3) is 0 Å². The third-order valence-electron chi connectivity index (χ3n) is 3.48. The topological polar surface area (TPSA) is 50.7 Å². The van der Waals surface area contributed by atoms with Crippen LogP contribution in [-0.4, -0.2) is 24.3 Å². The number of amides is 1. The van der Waals surface area contributed by atoms with Crippen LogP contribution in [0.2, 0.25) is 0 Å². The van der Waals surface area contributed by atoms with Crippen molar-refractivity contribution in [3.05, 3.63) is 0 Å². The van der Waals surface area contributed by atoms with Gasteiger partial charge in [0.25, 0.3) is 5.91 Å². The number of hydrazone groups is 1. The summed E-state index contributed by atoms with van der Waals surface area (Å²) < 4.78 is 5.32. The van der Waals surface area contributed by atoms with Crippen LogP contribution >= 0.6 is 0 Å². The molecule has 1 amide bonds. The molecule has 1 atom stereocenters. The van der Waals surface area contributed by atoms with Crippen LogP contribution in [0.4, 0.5) is 0 Å². The van der Waals surface area contributed by atoms with E-state index in [2.05, 4.69) is 10.5 Å². The molecule has 0 radical (unpaired) electrons. The van der Waals surface area contributed by atoms with Crippen molar-refractivity contribution in [1.29, 1.82) is 0 Å². The number of rotatable bonds is 2. The van der Waals surface area contributed by atoms with Crippen LogP contribution in [0, 0.1) is 0 Å². The van der Waals surface area contributed by atoms with Gasteiger partial charge in [0.1, 0.15) is 6.10 Å². The maximum absolute atomic E-state index is 11.7. The van der Waals surface area contributed by atoms with Crippen molar-refractivity contribution in [1.82, 2.24) is 5.43 Å². The predicted octanol–water partition coefficient (Wildman–Crippen LogP) is 2.38. The van der Waals surface area contributed by atoms with Crippen molar-refractivity contribution >= 4 is 11.6 Å². The maximum Gasteiger partial charge on any atom is 0.269 e. The van der Waals surface area contributed by atoms with Crippen molar-refractivity contribution in [2.75, 3.05) is 6.61 Å². The van der Waals surface area contributed by atoms with E-state index in [1.165, 1.54) is 32.1 Å². The second-order valence-electron chi connectivity index (χ2n) is 4.92.